The highest BCUT2D eigenvalue weighted by atomic mass is 15.3. The van der Waals surface area contributed by atoms with Gasteiger partial charge in [0.1, 0.15) is 11.5 Å². The van der Waals surface area contributed by atoms with Gasteiger partial charge in [0.2, 0.25) is 5.95 Å². The van der Waals surface area contributed by atoms with Gasteiger partial charge in [0.25, 0.3) is 0 Å². The summed E-state index contributed by atoms with van der Waals surface area (Å²) in [4.78, 5) is 12.8. The summed E-state index contributed by atoms with van der Waals surface area (Å²) in [5.74, 6) is 2.24. The van der Waals surface area contributed by atoms with Crippen LogP contribution in [0.2, 0.25) is 0 Å². The fourth-order valence-corrected chi connectivity index (χ4v) is 1.77. The highest BCUT2D eigenvalue weighted by Gasteiger charge is 2.12. The van der Waals surface area contributed by atoms with Crippen molar-refractivity contribution in [2.45, 2.75) is 19.9 Å². The summed E-state index contributed by atoms with van der Waals surface area (Å²) >= 11 is 0. The minimum absolute atomic E-state index is 0.0320. The van der Waals surface area contributed by atoms with E-state index in [1.54, 1.807) is 12.4 Å². The number of rotatable bonds is 3. The molecule has 92 valence electrons. The molecule has 0 saturated carbocycles. The van der Waals surface area contributed by atoms with Crippen LogP contribution in [0.5, 0.6) is 0 Å². The first-order chi connectivity index (χ1) is 8.74. The van der Waals surface area contributed by atoms with Gasteiger partial charge in [0.15, 0.2) is 5.82 Å². The number of hydrogen-bond donors (Lipinski definition) is 2. The average molecular weight is 243 g/mol. The van der Waals surface area contributed by atoms with Crippen LogP contribution in [0, 0.1) is 6.92 Å². The molecule has 0 bridgehead atoms. The zero-order valence-electron chi connectivity index (χ0n) is 10.1. The monoisotopic (exact) mass is 243 g/mol. The number of aromatic nitrogens is 6. The third kappa shape index (κ3) is 1.79. The number of anilines is 1. The zero-order valence-corrected chi connectivity index (χ0v) is 10.1. The molecule has 2 N–H and O–H groups in total. The van der Waals surface area contributed by atoms with Crippen molar-refractivity contribution in [3.8, 4) is 0 Å². The Labute approximate surface area is 103 Å². The van der Waals surface area contributed by atoms with Crippen LogP contribution >= 0.6 is 0 Å². The number of nitrogens with zero attached hydrogens (tertiary/aromatic N) is 5. The third-order valence-electron chi connectivity index (χ3n) is 2.67. The van der Waals surface area contributed by atoms with E-state index in [1.165, 1.54) is 0 Å². The third-order valence-corrected chi connectivity index (χ3v) is 2.67. The maximum absolute atomic E-state index is 4.30. The first kappa shape index (κ1) is 10.7. The zero-order chi connectivity index (χ0) is 12.5. The van der Waals surface area contributed by atoms with E-state index in [9.17, 15) is 0 Å². The smallest absolute Gasteiger partial charge is 0.209 e. The van der Waals surface area contributed by atoms with Crippen LogP contribution in [0.4, 0.5) is 5.95 Å². The Morgan fingerprint density at radius 1 is 1.33 bits per heavy atom. The molecule has 0 spiro atoms. The largest absolute Gasteiger partial charge is 0.346 e. The Bertz CT molecular complexity index is 669. The van der Waals surface area contributed by atoms with Gasteiger partial charge < -0.3 is 5.32 Å². The van der Waals surface area contributed by atoms with Crippen LogP contribution in [-0.4, -0.2) is 29.5 Å². The lowest BCUT2D eigenvalue weighted by Crippen LogP contribution is -2.12. The van der Waals surface area contributed by atoms with E-state index in [0.29, 0.717) is 5.82 Å². The van der Waals surface area contributed by atoms with Gasteiger partial charge >= 0.3 is 0 Å². The number of hydrogen-bond acceptors (Lipinski definition) is 5. The number of fused-ring (bicyclic) bond motifs is 1. The lowest BCUT2D eigenvalue weighted by molar-refractivity contribution is 0.778. The molecule has 1 atom stereocenters. The van der Waals surface area contributed by atoms with E-state index >= 15 is 0 Å². The maximum atomic E-state index is 4.30. The van der Waals surface area contributed by atoms with Crippen molar-refractivity contribution in [1.29, 1.82) is 0 Å². The van der Waals surface area contributed by atoms with E-state index in [0.717, 1.165) is 17.4 Å². The van der Waals surface area contributed by atoms with Crippen molar-refractivity contribution >= 4 is 11.6 Å². The normalized spacial score (nSPS) is 12.8. The molecule has 0 aliphatic carbocycles. The summed E-state index contributed by atoms with van der Waals surface area (Å²) in [7, 11) is 0. The van der Waals surface area contributed by atoms with Gasteiger partial charge in [0, 0.05) is 18.6 Å². The van der Waals surface area contributed by atoms with Crippen molar-refractivity contribution < 1.29 is 0 Å². The predicted molar refractivity (Wildman–Crippen MR) is 66.1 cm³/mol. The Morgan fingerprint density at radius 3 is 3.00 bits per heavy atom. The summed E-state index contributed by atoms with van der Waals surface area (Å²) in [5.41, 5.74) is 0.853. The van der Waals surface area contributed by atoms with Gasteiger partial charge in [0.05, 0.1) is 6.04 Å². The van der Waals surface area contributed by atoms with Crippen LogP contribution in [0.15, 0.2) is 24.7 Å². The maximum Gasteiger partial charge on any atom is 0.209 e. The highest BCUT2D eigenvalue weighted by molar-refractivity contribution is 5.45. The molecule has 18 heavy (non-hydrogen) atoms. The lowest BCUT2D eigenvalue weighted by atomic mass is 10.3. The highest BCUT2D eigenvalue weighted by Crippen LogP contribution is 2.15. The Hall–Kier alpha value is -2.44. The lowest BCUT2D eigenvalue weighted by Gasteiger charge is -2.12. The van der Waals surface area contributed by atoms with Crippen LogP contribution in [0.25, 0.3) is 5.65 Å². The molecule has 0 unspecified atom stereocenters. The van der Waals surface area contributed by atoms with Crippen molar-refractivity contribution in [3.05, 3.63) is 36.3 Å². The van der Waals surface area contributed by atoms with Gasteiger partial charge in [-0.1, -0.05) is 0 Å². The van der Waals surface area contributed by atoms with E-state index in [4.69, 9.17) is 0 Å². The molecule has 0 aliphatic rings. The molecule has 7 nitrogen and oxygen atoms in total. The Morgan fingerprint density at radius 2 is 2.22 bits per heavy atom. The summed E-state index contributed by atoms with van der Waals surface area (Å²) in [6.45, 7) is 3.86. The molecule has 0 saturated heterocycles. The molecule has 0 amide bonds. The van der Waals surface area contributed by atoms with Gasteiger partial charge in [-0.05, 0) is 19.9 Å². The molecular formula is C11H13N7. The molecule has 0 fully saturated rings. The number of imidazole rings is 1. The topological polar surface area (TPSA) is 83.8 Å². The van der Waals surface area contributed by atoms with Crippen molar-refractivity contribution in [2.75, 3.05) is 5.32 Å². The van der Waals surface area contributed by atoms with E-state index < -0.39 is 0 Å². The average Bonchev–Trinajstić information content (AvgIpc) is 2.97. The van der Waals surface area contributed by atoms with Crippen LogP contribution in [0.3, 0.4) is 0 Å². The van der Waals surface area contributed by atoms with Crippen molar-refractivity contribution in [3.63, 3.8) is 0 Å². The molecule has 0 radical (unpaired) electrons. The van der Waals surface area contributed by atoms with Crippen LogP contribution in [-0.2, 0) is 0 Å². The molecular weight excluding hydrogens is 230 g/mol. The summed E-state index contributed by atoms with van der Waals surface area (Å²) in [6, 6.07) is 1.82. The molecule has 3 aromatic heterocycles. The second-order valence-corrected chi connectivity index (χ2v) is 4.07. The van der Waals surface area contributed by atoms with Crippen LogP contribution < -0.4 is 5.32 Å². The molecule has 7 heteroatoms. The fraction of sp³-hybridized carbons (Fsp3) is 0.273. The first-order valence-electron chi connectivity index (χ1n) is 5.67. The van der Waals surface area contributed by atoms with Gasteiger partial charge in [-0.25, -0.2) is 15.0 Å². The van der Waals surface area contributed by atoms with Crippen LogP contribution in [0.1, 0.15) is 24.6 Å². The number of aryl methyl sites for hydroxylation is 1. The molecule has 3 aromatic rings. The quantitative estimate of drug-likeness (QED) is 0.725. The van der Waals surface area contributed by atoms with Crippen molar-refractivity contribution in [2.24, 2.45) is 0 Å². The SMILES string of the molecule is Cc1nc([C@H](C)Nc2nccc3nccn23)n[nH]1. The van der Waals surface area contributed by atoms with Gasteiger partial charge in [-0.2, -0.15) is 5.10 Å². The van der Waals surface area contributed by atoms with Gasteiger partial charge in [-0.15, -0.1) is 0 Å². The fourth-order valence-electron chi connectivity index (χ4n) is 1.77. The Kier molecular flexibility index (Phi) is 2.44. The predicted octanol–water partition coefficient (Wildman–Crippen LogP) is 1.33. The summed E-state index contributed by atoms with van der Waals surface area (Å²) in [5, 5.41) is 10.2. The summed E-state index contributed by atoms with van der Waals surface area (Å²) in [6.07, 6.45) is 5.32. The van der Waals surface area contributed by atoms with E-state index in [1.807, 2.05) is 30.5 Å². The Balaban J connectivity index is 1.90. The molecule has 0 aromatic carbocycles. The second-order valence-electron chi connectivity index (χ2n) is 4.07. The second kappa shape index (κ2) is 4.10. The molecule has 0 aliphatic heterocycles. The summed E-state index contributed by atoms with van der Waals surface area (Å²) < 4.78 is 1.88. The number of H-pyrrole nitrogens is 1. The minimum Gasteiger partial charge on any atom is -0.346 e. The van der Waals surface area contributed by atoms with E-state index in [-0.39, 0.29) is 6.04 Å². The van der Waals surface area contributed by atoms with Gasteiger partial charge in [-0.3, -0.25) is 9.50 Å². The van der Waals surface area contributed by atoms with Crippen molar-refractivity contribution in [1.82, 2.24) is 29.5 Å². The number of aromatic amines is 1. The number of nitrogens with one attached hydrogen (secondary N) is 2. The minimum atomic E-state index is -0.0320. The first-order valence-corrected chi connectivity index (χ1v) is 5.67. The van der Waals surface area contributed by atoms with E-state index in [2.05, 4.69) is 30.5 Å². The molecule has 3 rings (SSSR count). The molecule has 3 heterocycles. The standard InChI is InChI=1S/C11H13N7/c1-7(10-15-8(2)16-17-10)14-11-13-4-3-9-12-5-6-18(9)11/h3-7H,1-2H3,(H,13,14)(H,15,16,17)/t7-/m0/s1.